The monoisotopic (exact) mass is 522 g/mol. The van der Waals surface area contributed by atoms with Crippen LogP contribution in [-0.4, -0.2) is 61.9 Å². The van der Waals surface area contributed by atoms with Crippen LogP contribution < -0.4 is 16.0 Å². The van der Waals surface area contributed by atoms with Crippen molar-refractivity contribution >= 4 is 39.5 Å². The maximum absolute atomic E-state index is 14.2. The first-order valence-electron chi connectivity index (χ1n) is 11.1. The molecule has 2 amide bonds. The highest BCUT2D eigenvalue weighted by molar-refractivity contribution is 7.14. The van der Waals surface area contributed by atoms with E-state index in [1.54, 1.807) is 34.2 Å². The molecule has 0 bridgehead atoms. The van der Waals surface area contributed by atoms with Gasteiger partial charge in [-0.1, -0.05) is 0 Å². The van der Waals surface area contributed by atoms with Crippen molar-refractivity contribution in [2.75, 3.05) is 18.9 Å². The van der Waals surface area contributed by atoms with Crippen LogP contribution in [0.25, 0.3) is 16.9 Å². The summed E-state index contributed by atoms with van der Waals surface area (Å²) in [4.78, 5) is 33.5. The molecule has 4 heterocycles. The number of hydrogen-bond acceptors (Lipinski definition) is 9. The molecule has 0 aliphatic carbocycles. The van der Waals surface area contributed by atoms with Gasteiger partial charge in [0.1, 0.15) is 17.9 Å². The van der Waals surface area contributed by atoms with Crippen LogP contribution in [0.5, 0.6) is 0 Å². The molecule has 0 unspecified atom stereocenters. The van der Waals surface area contributed by atoms with Crippen molar-refractivity contribution in [3.63, 3.8) is 0 Å². The Kier molecular flexibility index (Phi) is 7.14. The van der Waals surface area contributed by atoms with Crippen LogP contribution in [0.3, 0.4) is 0 Å². The number of carbonyl (C=O) groups is 2. The second kappa shape index (κ2) is 10.3. The van der Waals surface area contributed by atoms with Crippen LogP contribution in [0.15, 0.2) is 42.0 Å². The van der Waals surface area contributed by atoms with Crippen LogP contribution in [0.4, 0.5) is 15.2 Å². The Hall–Kier alpha value is -4.41. The fraction of sp³-hybridized carbons (Fsp3) is 0.250. The normalized spacial score (nSPS) is 12.1. The Morgan fingerprint density at radius 3 is 2.76 bits per heavy atom. The Balaban J connectivity index is 1.71. The van der Waals surface area contributed by atoms with E-state index in [0.717, 1.165) is 11.3 Å². The molecule has 4 rings (SSSR count). The van der Waals surface area contributed by atoms with Crippen molar-refractivity contribution in [2.24, 2.45) is 0 Å². The number of thiazole rings is 1. The van der Waals surface area contributed by atoms with E-state index in [0.29, 0.717) is 33.3 Å². The number of fused-ring (bicyclic) bond motifs is 1. The Labute approximate surface area is 215 Å². The average molecular weight is 523 g/mol. The van der Waals surface area contributed by atoms with Crippen molar-refractivity contribution in [3.05, 3.63) is 58.9 Å². The zero-order valence-corrected chi connectivity index (χ0v) is 20.9. The third kappa shape index (κ3) is 5.55. The van der Waals surface area contributed by atoms with E-state index in [1.807, 2.05) is 6.07 Å². The van der Waals surface area contributed by atoms with Gasteiger partial charge in [0.2, 0.25) is 0 Å². The third-order valence-corrected chi connectivity index (χ3v) is 6.21. The first-order valence-corrected chi connectivity index (χ1v) is 12.0. The maximum atomic E-state index is 14.2. The number of nitrogens with one attached hydrogen (secondary N) is 3. The lowest BCUT2D eigenvalue weighted by atomic mass is 10.0. The molecule has 37 heavy (non-hydrogen) atoms. The SMILES string of the molecule is CNC(=O)c1csc(Nc2cc(-c3ccc4cc(C#N)cnn34)ncc2C(=O)NC[C@@H](F)C(C)(C)O)n1. The summed E-state index contributed by atoms with van der Waals surface area (Å²) in [7, 11) is 1.49. The van der Waals surface area contributed by atoms with Crippen LogP contribution in [-0.2, 0) is 0 Å². The summed E-state index contributed by atoms with van der Waals surface area (Å²) >= 11 is 1.16. The van der Waals surface area contributed by atoms with Crippen molar-refractivity contribution in [3.8, 4) is 17.5 Å². The quantitative estimate of drug-likeness (QED) is 0.275. The molecule has 11 nitrogen and oxygen atoms in total. The molecular weight excluding hydrogens is 499 g/mol. The first-order chi connectivity index (χ1) is 17.6. The van der Waals surface area contributed by atoms with Crippen LogP contribution in [0.1, 0.15) is 40.3 Å². The van der Waals surface area contributed by atoms with Gasteiger partial charge in [0.25, 0.3) is 11.8 Å². The van der Waals surface area contributed by atoms with Gasteiger partial charge in [-0.3, -0.25) is 14.6 Å². The molecule has 0 aromatic carbocycles. The highest BCUT2D eigenvalue weighted by atomic mass is 32.1. The van der Waals surface area contributed by atoms with E-state index >= 15 is 0 Å². The summed E-state index contributed by atoms with van der Waals surface area (Å²) in [6, 6.07) is 8.90. The third-order valence-electron chi connectivity index (χ3n) is 5.45. The lowest BCUT2D eigenvalue weighted by Crippen LogP contribution is -2.42. The topological polar surface area (TPSA) is 157 Å². The van der Waals surface area contributed by atoms with E-state index in [4.69, 9.17) is 5.26 Å². The molecule has 0 aliphatic heterocycles. The maximum Gasteiger partial charge on any atom is 0.270 e. The van der Waals surface area contributed by atoms with E-state index in [1.165, 1.54) is 33.3 Å². The summed E-state index contributed by atoms with van der Waals surface area (Å²) in [6.45, 7) is 2.22. The van der Waals surface area contributed by atoms with Gasteiger partial charge in [-0.05, 0) is 38.1 Å². The Morgan fingerprint density at radius 1 is 1.27 bits per heavy atom. The second-order valence-electron chi connectivity index (χ2n) is 8.60. The number of aliphatic hydroxyl groups is 1. The molecule has 0 saturated carbocycles. The minimum Gasteiger partial charge on any atom is -0.387 e. The highest BCUT2D eigenvalue weighted by Crippen LogP contribution is 2.29. The molecule has 0 fully saturated rings. The van der Waals surface area contributed by atoms with E-state index < -0.39 is 24.2 Å². The Morgan fingerprint density at radius 2 is 2.05 bits per heavy atom. The van der Waals surface area contributed by atoms with Crippen LogP contribution >= 0.6 is 11.3 Å². The predicted molar refractivity (Wildman–Crippen MR) is 135 cm³/mol. The number of rotatable bonds is 8. The van der Waals surface area contributed by atoms with Crippen molar-refractivity contribution < 1.29 is 19.1 Å². The fourth-order valence-corrected chi connectivity index (χ4v) is 4.04. The number of carbonyl (C=O) groups excluding carboxylic acids is 2. The lowest BCUT2D eigenvalue weighted by molar-refractivity contribution is -0.00177. The first kappa shape index (κ1) is 25.7. The molecule has 190 valence electrons. The number of alkyl halides is 1. The van der Waals surface area contributed by atoms with Gasteiger partial charge in [0.15, 0.2) is 5.13 Å². The zero-order valence-electron chi connectivity index (χ0n) is 20.1. The number of pyridine rings is 1. The van der Waals surface area contributed by atoms with Gasteiger partial charge in [-0.2, -0.15) is 10.4 Å². The van der Waals surface area contributed by atoms with E-state index in [9.17, 15) is 19.1 Å². The van der Waals surface area contributed by atoms with Gasteiger partial charge >= 0.3 is 0 Å². The van der Waals surface area contributed by atoms with Crippen molar-refractivity contribution in [2.45, 2.75) is 25.6 Å². The minimum atomic E-state index is -1.69. The summed E-state index contributed by atoms with van der Waals surface area (Å²) in [5.74, 6) is -0.978. The standard InChI is InChI=1S/C24H23FN8O3S/c1-24(2,36)20(25)11-29-21(34)15-10-28-17(19-5-4-14-6-13(8-26)9-30-33(14)19)7-16(15)31-23-32-18(12-37-23)22(35)27-3/h4-7,9-10,12,20,36H,11H2,1-3H3,(H,27,35)(H,29,34)(H,28,31,32)/t20-/m1/s1. The average Bonchev–Trinajstić information content (AvgIpc) is 3.52. The molecule has 4 aromatic rings. The summed E-state index contributed by atoms with van der Waals surface area (Å²) in [5.41, 5.74) is 1.14. The molecule has 0 aliphatic rings. The predicted octanol–water partition coefficient (Wildman–Crippen LogP) is 2.67. The van der Waals surface area contributed by atoms with Crippen LogP contribution in [0, 0.1) is 11.3 Å². The van der Waals surface area contributed by atoms with E-state index in [-0.39, 0.29) is 17.2 Å². The van der Waals surface area contributed by atoms with E-state index in [2.05, 4.69) is 31.0 Å². The van der Waals surface area contributed by atoms with Crippen LogP contribution in [0.2, 0.25) is 0 Å². The van der Waals surface area contributed by atoms with Gasteiger partial charge in [0.05, 0.1) is 52.1 Å². The lowest BCUT2D eigenvalue weighted by Gasteiger charge is -2.22. The largest absolute Gasteiger partial charge is 0.387 e. The number of aromatic nitrogens is 4. The number of hydrogen-bond donors (Lipinski definition) is 4. The Bertz CT molecular complexity index is 1520. The number of anilines is 2. The number of amides is 2. The molecule has 0 spiro atoms. The smallest absolute Gasteiger partial charge is 0.270 e. The molecular formula is C24H23FN8O3S. The van der Waals surface area contributed by atoms with Gasteiger partial charge in [0, 0.05) is 18.6 Å². The molecule has 0 radical (unpaired) electrons. The second-order valence-corrected chi connectivity index (χ2v) is 9.46. The summed E-state index contributed by atoms with van der Waals surface area (Å²) in [6.07, 6.45) is 1.08. The number of halogens is 1. The summed E-state index contributed by atoms with van der Waals surface area (Å²) in [5, 5.41) is 33.2. The van der Waals surface area contributed by atoms with Gasteiger partial charge in [-0.25, -0.2) is 13.9 Å². The highest BCUT2D eigenvalue weighted by Gasteiger charge is 2.27. The fourth-order valence-electron chi connectivity index (χ4n) is 3.34. The number of nitriles is 1. The summed E-state index contributed by atoms with van der Waals surface area (Å²) < 4.78 is 15.8. The molecule has 4 aromatic heterocycles. The van der Waals surface area contributed by atoms with Crippen molar-refractivity contribution in [1.82, 2.24) is 30.2 Å². The molecule has 0 saturated heterocycles. The molecule has 4 N–H and O–H groups in total. The van der Waals surface area contributed by atoms with Gasteiger partial charge < -0.3 is 21.1 Å². The molecule has 13 heteroatoms. The zero-order chi connectivity index (χ0) is 26.7. The molecule has 1 atom stereocenters. The van der Waals surface area contributed by atoms with Crippen molar-refractivity contribution in [1.29, 1.82) is 5.26 Å². The number of nitrogens with zero attached hydrogens (tertiary/aromatic N) is 5. The van der Waals surface area contributed by atoms with Gasteiger partial charge in [-0.15, -0.1) is 11.3 Å². The minimum absolute atomic E-state index is 0.101.